The number of amides is 2. The van der Waals surface area contributed by atoms with Crippen molar-refractivity contribution in [1.82, 2.24) is 10.2 Å². The zero-order chi connectivity index (χ0) is 18.2. The van der Waals surface area contributed by atoms with Crippen LogP contribution >= 0.6 is 0 Å². The number of hydrogen-bond donors (Lipinski definition) is 1. The summed E-state index contributed by atoms with van der Waals surface area (Å²) < 4.78 is 13.0. The van der Waals surface area contributed by atoms with Gasteiger partial charge in [-0.3, -0.25) is 9.59 Å². The highest BCUT2D eigenvalue weighted by molar-refractivity contribution is 5.78. The van der Waals surface area contributed by atoms with Crippen molar-refractivity contribution in [2.24, 2.45) is 0 Å². The highest BCUT2D eigenvalue weighted by Gasteiger charge is 2.12. The van der Waals surface area contributed by atoms with Crippen LogP contribution in [0.15, 0.2) is 48.5 Å². The van der Waals surface area contributed by atoms with Crippen LogP contribution in [-0.4, -0.2) is 23.3 Å². The monoisotopic (exact) mass is 342 g/mol. The van der Waals surface area contributed by atoms with Gasteiger partial charge < -0.3 is 10.2 Å². The van der Waals surface area contributed by atoms with E-state index in [0.29, 0.717) is 19.6 Å². The van der Waals surface area contributed by atoms with E-state index in [4.69, 9.17) is 0 Å². The van der Waals surface area contributed by atoms with Crippen LogP contribution in [0.3, 0.4) is 0 Å². The molecule has 2 amide bonds. The van der Waals surface area contributed by atoms with Gasteiger partial charge in [0.1, 0.15) is 5.82 Å². The molecular weight excluding hydrogens is 319 g/mol. The molecule has 0 aliphatic rings. The Hall–Kier alpha value is -2.69. The van der Waals surface area contributed by atoms with Crippen molar-refractivity contribution in [3.8, 4) is 0 Å². The van der Waals surface area contributed by atoms with Crippen LogP contribution in [0.4, 0.5) is 4.39 Å². The molecule has 25 heavy (non-hydrogen) atoms. The molecular formula is C20H23FN2O2. The summed E-state index contributed by atoms with van der Waals surface area (Å²) in [6.45, 7) is 4.63. The quantitative estimate of drug-likeness (QED) is 0.840. The van der Waals surface area contributed by atoms with E-state index in [1.165, 1.54) is 19.1 Å². The van der Waals surface area contributed by atoms with Crippen LogP contribution in [-0.2, 0) is 22.7 Å². The minimum Gasteiger partial charge on any atom is -0.352 e. The van der Waals surface area contributed by atoms with E-state index in [1.54, 1.807) is 17.0 Å². The summed E-state index contributed by atoms with van der Waals surface area (Å²) in [6, 6.07) is 14.0. The molecule has 2 rings (SSSR count). The highest BCUT2D eigenvalue weighted by Crippen LogP contribution is 2.08. The van der Waals surface area contributed by atoms with Gasteiger partial charge in [0.2, 0.25) is 11.8 Å². The predicted molar refractivity (Wildman–Crippen MR) is 95.1 cm³/mol. The van der Waals surface area contributed by atoms with Crippen molar-refractivity contribution in [2.75, 3.05) is 6.54 Å². The predicted octanol–water partition coefficient (Wildman–Crippen LogP) is 3.19. The molecule has 0 unspecified atom stereocenters. The van der Waals surface area contributed by atoms with Gasteiger partial charge in [0.25, 0.3) is 0 Å². The number of carbonyl (C=O) groups is 2. The average molecular weight is 342 g/mol. The molecule has 0 radical (unpaired) electrons. The van der Waals surface area contributed by atoms with Gasteiger partial charge >= 0.3 is 0 Å². The van der Waals surface area contributed by atoms with E-state index in [2.05, 4.69) is 5.32 Å². The zero-order valence-corrected chi connectivity index (χ0v) is 14.6. The number of halogens is 1. The third-order valence-electron chi connectivity index (χ3n) is 3.91. The standard InChI is InChI=1S/C20H23FN2O2/c1-15-4-3-5-18(12-15)13-22-20(25)10-11-23(16(2)24)14-17-6-8-19(21)9-7-17/h3-9,12H,10-11,13-14H2,1-2H3,(H,22,25). The van der Waals surface area contributed by atoms with Crippen LogP contribution in [0.25, 0.3) is 0 Å². The van der Waals surface area contributed by atoms with Crippen LogP contribution in [0.2, 0.25) is 0 Å². The smallest absolute Gasteiger partial charge is 0.222 e. The minimum atomic E-state index is -0.311. The van der Waals surface area contributed by atoms with Crippen molar-refractivity contribution in [3.05, 3.63) is 71.0 Å². The topological polar surface area (TPSA) is 49.4 Å². The van der Waals surface area contributed by atoms with Gasteiger partial charge in [0, 0.05) is 33.0 Å². The third-order valence-corrected chi connectivity index (χ3v) is 3.91. The van der Waals surface area contributed by atoms with Crippen molar-refractivity contribution >= 4 is 11.8 Å². The normalized spacial score (nSPS) is 10.4. The molecule has 1 N–H and O–H groups in total. The molecule has 5 heteroatoms. The number of aryl methyl sites for hydroxylation is 1. The molecule has 0 fully saturated rings. The molecule has 0 heterocycles. The summed E-state index contributed by atoms with van der Waals surface area (Å²) in [4.78, 5) is 25.4. The lowest BCUT2D eigenvalue weighted by Crippen LogP contribution is -2.33. The Labute approximate surface area is 147 Å². The number of nitrogens with one attached hydrogen (secondary N) is 1. The maximum Gasteiger partial charge on any atom is 0.222 e. The van der Waals surface area contributed by atoms with E-state index < -0.39 is 0 Å². The first-order valence-corrected chi connectivity index (χ1v) is 8.26. The molecule has 0 aromatic heterocycles. The lowest BCUT2D eigenvalue weighted by molar-refractivity contribution is -0.130. The SMILES string of the molecule is CC(=O)N(CCC(=O)NCc1cccc(C)c1)Cc1ccc(F)cc1. The lowest BCUT2D eigenvalue weighted by Gasteiger charge is -2.21. The summed E-state index contributed by atoms with van der Waals surface area (Å²) in [5.74, 6) is -0.531. The van der Waals surface area contributed by atoms with Gasteiger partial charge in [-0.05, 0) is 30.2 Å². The molecule has 0 atom stereocenters. The van der Waals surface area contributed by atoms with Crippen LogP contribution < -0.4 is 5.32 Å². The Kier molecular flexibility index (Phi) is 6.69. The number of benzene rings is 2. The Morgan fingerprint density at radius 3 is 2.44 bits per heavy atom. The summed E-state index contributed by atoms with van der Waals surface area (Å²) >= 11 is 0. The van der Waals surface area contributed by atoms with Gasteiger partial charge in [-0.25, -0.2) is 4.39 Å². The fourth-order valence-corrected chi connectivity index (χ4v) is 2.51. The van der Waals surface area contributed by atoms with Gasteiger partial charge in [-0.1, -0.05) is 42.0 Å². The Bertz CT molecular complexity index is 729. The van der Waals surface area contributed by atoms with E-state index in [1.807, 2.05) is 31.2 Å². The first-order chi connectivity index (χ1) is 11.9. The lowest BCUT2D eigenvalue weighted by atomic mass is 10.1. The second-order valence-corrected chi connectivity index (χ2v) is 6.08. The average Bonchev–Trinajstić information content (AvgIpc) is 2.58. The second kappa shape index (κ2) is 8.97. The fourth-order valence-electron chi connectivity index (χ4n) is 2.51. The fraction of sp³-hybridized carbons (Fsp3) is 0.300. The van der Waals surface area contributed by atoms with Crippen molar-refractivity contribution in [2.45, 2.75) is 33.4 Å². The van der Waals surface area contributed by atoms with E-state index in [9.17, 15) is 14.0 Å². The maximum atomic E-state index is 13.0. The maximum absolute atomic E-state index is 13.0. The van der Waals surface area contributed by atoms with Gasteiger partial charge in [-0.2, -0.15) is 0 Å². The second-order valence-electron chi connectivity index (χ2n) is 6.08. The van der Waals surface area contributed by atoms with E-state index in [-0.39, 0.29) is 24.1 Å². The summed E-state index contributed by atoms with van der Waals surface area (Å²) in [5, 5.41) is 2.87. The molecule has 2 aromatic carbocycles. The first kappa shape index (κ1) is 18.6. The van der Waals surface area contributed by atoms with E-state index in [0.717, 1.165) is 16.7 Å². The van der Waals surface area contributed by atoms with E-state index >= 15 is 0 Å². The molecule has 0 aliphatic heterocycles. The zero-order valence-electron chi connectivity index (χ0n) is 14.6. The van der Waals surface area contributed by atoms with Crippen LogP contribution in [0, 0.1) is 12.7 Å². The van der Waals surface area contributed by atoms with Gasteiger partial charge in [-0.15, -0.1) is 0 Å². The Morgan fingerprint density at radius 1 is 1.08 bits per heavy atom. The van der Waals surface area contributed by atoms with Crippen molar-refractivity contribution in [1.29, 1.82) is 0 Å². The third kappa shape index (κ3) is 6.37. The van der Waals surface area contributed by atoms with Crippen molar-refractivity contribution in [3.63, 3.8) is 0 Å². The number of rotatable bonds is 7. The molecule has 0 saturated carbocycles. The Balaban J connectivity index is 1.82. The van der Waals surface area contributed by atoms with Crippen LogP contribution in [0.1, 0.15) is 30.0 Å². The molecule has 0 saturated heterocycles. The molecule has 0 bridgehead atoms. The molecule has 132 valence electrons. The minimum absolute atomic E-state index is 0.105. The van der Waals surface area contributed by atoms with Crippen molar-refractivity contribution < 1.29 is 14.0 Å². The Morgan fingerprint density at radius 2 is 1.80 bits per heavy atom. The van der Waals surface area contributed by atoms with Crippen LogP contribution in [0.5, 0.6) is 0 Å². The van der Waals surface area contributed by atoms with Gasteiger partial charge in [0.15, 0.2) is 0 Å². The molecule has 0 spiro atoms. The molecule has 4 nitrogen and oxygen atoms in total. The summed E-state index contributed by atoms with van der Waals surface area (Å²) in [7, 11) is 0. The largest absolute Gasteiger partial charge is 0.352 e. The number of hydrogen-bond acceptors (Lipinski definition) is 2. The number of nitrogens with zero attached hydrogens (tertiary/aromatic N) is 1. The summed E-state index contributed by atoms with van der Waals surface area (Å²) in [5.41, 5.74) is 3.02. The molecule has 0 aliphatic carbocycles. The number of carbonyl (C=O) groups excluding carboxylic acids is 2. The first-order valence-electron chi connectivity index (χ1n) is 8.26. The highest BCUT2D eigenvalue weighted by atomic mass is 19.1. The van der Waals surface area contributed by atoms with Gasteiger partial charge in [0.05, 0.1) is 0 Å². The summed E-state index contributed by atoms with van der Waals surface area (Å²) in [6.07, 6.45) is 0.229. The molecule has 2 aromatic rings.